The van der Waals surface area contributed by atoms with Gasteiger partial charge in [-0.2, -0.15) is 0 Å². The first-order valence-corrected chi connectivity index (χ1v) is 13.3. The van der Waals surface area contributed by atoms with Crippen molar-refractivity contribution in [2.24, 2.45) is 0 Å². The number of aryl methyl sites for hydroxylation is 2. The van der Waals surface area contributed by atoms with Crippen molar-refractivity contribution in [1.82, 2.24) is 0 Å². The third kappa shape index (κ3) is 3.61. The van der Waals surface area contributed by atoms with Crippen LogP contribution in [0.1, 0.15) is 11.1 Å². The zero-order valence-corrected chi connectivity index (χ0v) is 21.7. The minimum Gasteiger partial charge on any atom is -0.0620 e. The third-order valence-electron chi connectivity index (χ3n) is 7.94. The normalized spacial score (nSPS) is 11.4. The molecule has 7 rings (SSSR count). The maximum absolute atomic E-state index is 2.38. The first-order valence-electron chi connectivity index (χ1n) is 13.3. The lowest BCUT2D eigenvalue weighted by Gasteiger charge is -2.16. The average molecular weight is 485 g/mol. The van der Waals surface area contributed by atoms with Crippen molar-refractivity contribution in [3.63, 3.8) is 0 Å². The van der Waals surface area contributed by atoms with Crippen molar-refractivity contribution < 1.29 is 0 Å². The molecule has 7 aromatic rings. The molecule has 0 aliphatic rings. The fraction of sp³-hybridized carbons (Fsp3) is 0.0526. The summed E-state index contributed by atoms with van der Waals surface area (Å²) < 4.78 is 0. The Morgan fingerprint density at radius 2 is 0.816 bits per heavy atom. The van der Waals surface area contributed by atoms with Crippen molar-refractivity contribution in [1.29, 1.82) is 0 Å². The van der Waals surface area contributed by atoms with Gasteiger partial charge >= 0.3 is 0 Å². The van der Waals surface area contributed by atoms with Gasteiger partial charge in [0.25, 0.3) is 0 Å². The third-order valence-corrected chi connectivity index (χ3v) is 7.94. The molecule has 0 aromatic heterocycles. The van der Waals surface area contributed by atoms with Crippen LogP contribution in [0.3, 0.4) is 0 Å². The monoisotopic (exact) mass is 484 g/mol. The van der Waals surface area contributed by atoms with Crippen LogP contribution in [0.25, 0.3) is 65.7 Å². The highest BCUT2D eigenvalue weighted by Crippen LogP contribution is 2.40. The molecule has 0 N–H and O–H groups in total. The topological polar surface area (TPSA) is 0 Å². The van der Waals surface area contributed by atoms with Gasteiger partial charge in [0, 0.05) is 0 Å². The van der Waals surface area contributed by atoms with Gasteiger partial charge in [0.05, 0.1) is 0 Å². The predicted molar refractivity (Wildman–Crippen MR) is 165 cm³/mol. The molecule has 0 atom stereocenters. The summed E-state index contributed by atoms with van der Waals surface area (Å²) in [6.45, 7) is 4.42. The molecular weight excluding hydrogens is 456 g/mol. The fourth-order valence-electron chi connectivity index (χ4n) is 6.07. The van der Waals surface area contributed by atoms with E-state index < -0.39 is 0 Å². The van der Waals surface area contributed by atoms with Gasteiger partial charge in [-0.1, -0.05) is 121 Å². The Morgan fingerprint density at radius 1 is 0.316 bits per heavy atom. The SMILES string of the molecule is Cc1ccccc1-c1c(C)cccc1-c1cccc(-c2ccc3c4ccccc4c4ccccc4c3c2)c1. The minimum absolute atomic E-state index is 1.24. The largest absolute Gasteiger partial charge is 0.0620 e. The Balaban J connectivity index is 1.43. The van der Waals surface area contributed by atoms with Gasteiger partial charge in [-0.05, 0) is 103 Å². The summed E-state index contributed by atoms with van der Waals surface area (Å²) in [5.74, 6) is 0. The molecule has 0 saturated heterocycles. The number of fused-ring (bicyclic) bond motifs is 6. The lowest BCUT2D eigenvalue weighted by molar-refractivity contribution is 1.40. The molecule has 0 aliphatic heterocycles. The highest BCUT2D eigenvalue weighted by Gasteiger charge is 2.14. The van der Waals surface area contributed by atoms with Gasteiger partial charge in [0.15, 0.2) is 0 Å². The van der Waals surface area contributed by atoms with Crippen LogP contribution in [0.2, 0.25) is 0 Å². The Kier molecular flexibility index (Phi) is 5.34. The number of hydrogen-bond donors (Lipinski definition) is 0. The van der Waals surface area contributed by atoms with Crippen LogP contribution in [0, 0.1) is 13.8 Å². The van der Waals surface area contributed by atoms with Crippen LogP contribution in [-0.2, 0) is 0 Å². The standard InChI is InChI=1S/C38H28/c1-25-11-3-4-15-30(25)38-26(2)12-9-20-31(38)29-14-10-13-27(23-29)28-21-22-36-34-18-6-5-16-32(34)33-17-7-8-19-35(33)37(36)24-28/h3-24H,1-2H3. The summed E-state index contributed by atoms with van der Waals surface area (Å²) in [5.41, 5.74) is 10.2. The van der Waals surface area contributed by atoms with E-state index in [1.807, 2.05) is 0 Å². The smallest absolute Gasteiger partial charge is 0.00735 e. The van der Waals surface area contributed by atoms with Crippen LogP contribution in [0.5, 0.6) is 0 Å². The molecule has 0 unspecified atom stereocenters. The molecule has 0 heteroatoms. The summed E-state index contributed by atoms with van der Waals surface area (Å²) in [6, 6.07) is 48.9. The molecule has 0 amide bonds. The Morgan fingerprint density at radius 3 is 1.53 bits per heavy atom. The van der Waals surface area contributed by atoms with Crippen molar-refractivity contribution in [3.8, 4) is 33.4 Å². The quantitative estimate of drug-likeness (QED) is 0.219. The van der Waals surface area contributed by atoms with Crippen molar-refractivity contribution >= 4 is 32.3 Å². The Hall–Kier alpha value is -4.68. The fourth-order valence-corrected chi connectivity index (χ4v) is 6.07. The minimum atomic E-state index is 1.24. The van der Waals surface area contributed by atoms with Gasteiger partial charge < -0.3 is 0 Å². The van der Waals surface area contributed by atoms with Crippen molar-refractivity contribution in [2.75, 3.05) is 0 Å². The van der Waals surface area contributed by atoms with E-state index in [4.69, 9.17) is 0 Å². The molecule has 0 fully saturated rings. The molecule has 0 nitrogen and oxygen atoms in total. The predicted octanol–water partition coefficient (Wildman–Crippen LogP) is 10.8. The average Bonchev–Trinajstić information content (AvgIpc) is 2.97. The highest BCUT2D eigenvalue weighted by molar-refractivity contribution is 6.25. The van der Waals surface area contributed by atoms with E-state index in [0.29, 0.717) is 0 Å². The molecule has 0 radical (unpaired) electrons. The van der Waals surface area contributed by atoms with E-state index in [0.717, 1.165) is 0 Å². The van der Waals surface area contributed by atoms with E-state index in [-0.39, 0.29) is 0 Å². The molecule has 7 aromatic carbocycles. The molecule has 0 heterocycles. The second-order valence-corrected chi connectivity index (χ2v) is 10.2. The number of hydrogen-bond acceptors (Lipinski definition) is 0. The summed E-state index contributed by atoms with van der Waals surface area (Å²) in [6.07, 6.45) is 0. The van der Waals surface area contributed by atoms with Crippen molar-refractivity contribution in [2.45, 2.75) is 13.8 Å². The van der Waals surface area contributed by atoms with Crippen LogP contribution in [0.15, 0.2) is 133 Å². The van der Waals surface area contributed by atoms with Gasteiger partial charge in [0.2, 0.25) is 0 Å². The van der Waals surface area contributed by atoms with Crippen molar-refractivity contribution in [3.05, 3.63) is 145 Å². The van der Waals surface area contributed by atoms with Gasteiger partial charge in [-0.25, -0.2) is 0 Å². The van der Waals surface area contributed by atoms with E-state index >= 15 is 0 Å². The zero-order chi connectivity index (χ0) is 25.6. The summed E-state index contributed by atoms with van der Waals surface area (Å²) in [4.78, 5) is 0. The Labute approximate surface area is 223 Å². The number of rotatable bonds is 3. The second-order valence-electron chi connectivity index (χ2n) is 10.2. The van der Waals surface area contributed by atoms with E-state index in [1.165, 1.54) is 76.8 Å². The van der Waals surface area contributed by atoms with Gasteiger partial charge in [-0.3, -0.25) is 0 Å². The van der Waals surface area contributed by atoms with E-state index in [9.17, 15) is 0 Å². The molecule has 0 saturated carbocycles. The van der Waals surface area contributed by atoms with Gasteiger partial charge in [-0.15, -0.1) is 0 Å². The lowest BCUT2D eigenvalue weighted by atomic mass is 9.87. The summed E-state index contributed by atoms with van der Waals surface area (Å²) in [7, 11) is 0. The van der Waals surface area contributed by atoms with Gasteiger partial charge in [0.1, 0.15) is 0 Å². The second kappa shape index (κ2) is 9.01. The first kappa shape index (κ1) is 22.5. The van der Waals surface area contributed by atoms with Crippen LogP contribution in [0.4, 0.5) is 0 Å². The van der Waals surface area contributed by atoms with E-state index in [1.54, 1.807) is 0 Å². The maximum Gasteiger partial charge on any atom is -0.00735 e. The molecule has 0 aliphatic carbocycles. The lowest BCUT2D eigenvalue weighted by Crippen LogP contribution is -1.92. The van der Waals surface area contributed by atoms with E-state index in [2.05, 4.69) is 147 Å². The summed E-state index contributed by atoms with van der Waals surface area (Å²) in [5, 5.41) is 7.85. The Bertz CT molecular complexity index is 1960. The molecule has 38 heavy (non-hydrogen) atoms. The molecule has 0 spiro atoms. The van der Waals surface area contributed by atoms with Crippen LogP contribution < -0.4 is 0 Å². The summed E-state index contributed by atoms with van der Waals surface area (Å²) >= 11 is 0. The molecule has 180 valence electrons. The molecule has 0 bridgehead atoms. The first-order chi connectivity index (χ1) is 18.7. The van der Waals surface area contributed by atoms with Crippen LogP contribution in [-0.4, -0.2) is 0 Å². The number of benzene rings is 7. The zero-order valence-electron chi connectivity index (χ0n) is 21.7. The maximum atomic E-state index is 2.38. The molecular formula is C38H28. The van der Waals surface area contributed by atoms with Crippen LogP contribution >= 0.6 is 0 Å². The highest BCUT2D eigenvalue weighted by atomic mass is 14.2.